The van der Waals surface area contributed by atoms with E-state index in [0.717, 1.165) is 13.0 Å². The topological polar surface area (TPSA) is 85.4 Å². The van der Waals surface area contributed by atoms with Crippen molar-refractivity contribution in [2.45, 2.75) is 6.42 Å². The van der Waals surface area contributed by atoms with Gasteiger partial charge in [0.1, 0.15) is 6.33 Å². The van der Waals surface area contributed by atoms with Crippen molar-refractivity contribution in [1.29, 1.82) is 0 Å². The Balaban J connectivity index is 2.76. The van der Waals surface area contributed by atoms with E-state index < -0.39 is 0 Å². The van der Waals surface area contributed by atoms with E-state index in [9.17, 15) is 4.79 Å². The van der Waals surface area contributed by atoms with Crippen molar-refractivity contribution in [2.75, 3.05) is 34.4 Å². The highest BCUT2D eigenvalue weighted by molar-refractivity contribution is 5.98. The molecule has 0 atom stereocenters. The fourth-order valence-corrected chi connectivity index (χ4v) is 1.41. The molecular formula is C11H18N4O3. The first-order chi connectivity index (χ1) is 8.74. The maximum absolute atomic E-state index is 12.0. The van der Waals surface area contributed by atoms with Gasteiger partial charge >= 0.3 is 0 Å². The number of hydrogen-bond acceptors (Lipinski definition) is 6. The lowest BCUT2D eigenvalue weighted by atomic mass is 10.2. The third-order valence-corrected chi connectivity index (χ3v) is 2.28. The van der Waals surface area contributed by atoms with Gasteiger partial charge in [0.2, 0.25) is 11.8 Å². The zero-order chi connectivity index (χ0) is 13.4. The standard InChI is InChI=1S/C11H18N4O3/c1-12-5-4-6-13-9(16)8-10(17-2)14-7-15-11(8)18-3/h7,12H,4-6H2,1-3H3,(H,13,16). The molecule has 0 bridgehead atoms. The molecule has 0 saturated carbocycles. The molecule has 100 valence electrons. The van der Waals surface area contributed by atoms with Crippen molar-refractivity contribution in [1.82, 2.24) is 20.6 Å². The van der Waals surface area contributed by atoms with E-state index in [-0.39, 0.29) is 23.2 Å². The van der Waals surface area contributed by atoms with E-state index in [0.29, 0.717) is 6.54 Å². The lowest BCUT2D eigenvalue weighted by Gasteiger charge is -2.10. The van der Waals surface area contributed by atoms with Crippen molar-refractivity contribution >= 4 is 5.91 Å². The van der Waals surface area contributed by atoms with Crippen LogP contribution in [0.5, 0.6) is 11.8 Å². The van der Waals surface area contributed by atoms with Crippen LogP contribution >= 0.6 is 0 Å². The largest absolute Gasteiger partial charge is 0.480 e. The van der Waals surface area contributed by atoms with Gasteiger partial charge in [-0.3, -0.25) is 4.79 Å². The summed E-state index contributed by atoms with van der Waals surface area (Å²) in [6, 6.07) is 0. The Morgan fingerprint density at radius 2 is 1.83 bits per heavy atom. The number of methoxy groups -OCH3 is 2. The second-order valence-electron chi connectivity index (χ2n) is 3.48. The van der Waals surface area contributed by atoms with E-state index in [1.54, 1.807) is 0 Å². The van der Waals surface area contributed by atoms with Crippen LogP contribution in [-0.2, 0) is 0 Å². The van der Waals surface area contributed by atoms with Gasteiger partial charge in [-0.15, -0.1) is 0 Å². The molecule has 1 rings (SSSR count). The summed E-state index contributed by atoms with van der Waals surface area (Å²) in [5, 5.41) is 5.77. The molecule has 1 aromatic rings. The number of amides is 1. The number of carbonyl (C=O) groups is 1. The van der Waals surface area contributed by atoms with Gasteiger partial charge in [-0.2, -0.15) is 0 Å². The lowest BCUT2D eigenvalue weighted by Crippen LogP contribution is -2.27. The minimum Gasteiger partial charge on any atom is -0.480 e. The molecule has 0 aromatic carbocycles. The first kappa shape index (κ1) is 14.2. The van der Waals surface area contributed by atoms with Crippen molar-refractivity contribution in [2.24, 2.45) is 0 Å². The normalized spacial score (nSPS) is 9.94. The molecule has 7 heteroatoms. The fraction of sp³-hybridized carbons (Fsp3) is 0.545. The number of aromatic nitrogens is 2. The average molecular weight is 254 g/mol. The van der Waals surface area contributed by atoms with Crippen molar-refractivity contribution < 1.29 is 14.3 Å². The number of ether oxygens (including phenoxy) is 2. The quantitative estimate of drug-likeness (QED) is 0.657. The van der Waals surface area contributed by atoms with Crippen LogP contribution in [0.4, 0.5) is 0 Å². The third kappa shape index (κ3) is 3.56. The van der Waals surface area contributed by atoms with Crippen molar-refractivity contribution in [3.8, 4) is 11.8 Å². The van der Waals surface area contributed by atoms with Crippen molar-refractivity contribution in [3.63, 3.8) is 0 Å². The smallest absolute Gasteiger partial charge is 0.262 e. The highest BCUT2D eigenvalue weighted by atomic mass is 16.5. The molecule has 18 heavy (non-hydrogen) atoms. The van der Waals surface area contributed by atoms with Gasteiger partial charge in [0.15, 0.2) is 5.56 Å². The molecule has 1 amide bonds. The van der Waals surface area contributed by atoms with Crippen LogP contribution in [0.2, 0.25) is 0 Å². The highest BCUT2D eigenvalue weighted by Gasteiger charge is 2.20. The first-order valence-corrected chi connectivity index (χ1v) is 5.60. The zero-order valence-electron chi connectivity index (χ0n) is 10.8. The number of nitrogens with one attached hydrogen (secondary N) is 2. The number of nitrogens with zero attached hydrogens (tertiary/aromatic N) is 2. The molecule has 0 radical (unpaired) electrons. The van der Waals surface area contributed by atoms with Crippen LogP contribution in [0.3, 0.4) is 0 Å². The molecule has 1 heterocycles. The van der Waals surface area contributed by atoms with E-state index in [4.69, 9.17) is 9.47 Å². The Hall–Kier alpha value is -1.89. The molecular weight excluding hydrogens is 236 g/mol. The number of rotatable bonds is 7. The Bertz CT molecular complexity index is 376. The van der Waals surface area contributed by atoms with Gasteiger partial charge in [0, 0.05) is 6.54 Å². The second-order valence-corrected chi connectivity index (χ2v) is 3.48. The molecule has 2 N–H and O–H groups in total. The maximum Gasteiger partial charge on any atom is 0.262 e. The van der Waals surface area contributed by atoms with Crippen LogP contribution in [0, 0.1) is 0 Å². The van der Waals surface area contributed by atoms with Crippen LogP contribution < -0.4 is 20.1 Å². The molecule has 0 unspecified atom stereocenters. The van der Waals surface area contributed by atoms with Crippen LogP contribution in [0.1, 0.15) is 16.8 Å². The van der Waals surface area contributed by atoms with E-state index in [2.05, 4.69) is 20.6 Å². The molecule has 0 aliphatic rings. The van der Waals surface area contributed by atoms with Gasteiger partial charge in [0.25, 0.3) is 5.91 Å². The highest BCUT2D eigenvalue weighted by Crippen LogP contribution is 2.22. The zero-order valence-corrected chi connectivity index (χ0v) is 10.8. The van der Waals surface area contributed by atoms with Gasteiger partial charge in [-0.05, 0) is 20.0 Å². The molecule has 0 saturated heterocycles. The summed E-state index contributed by atoms with van der Waals surface area (Å²) in [6.45, 7) is 1.39. The van der Waals surface area contributed by atoms with E-state index in [1.807, 2.05) is 7.05 Å². The summed E-state index contributed by atoms with van der Waals surface area (Å²) in [4.78, 5) is 19.8. The van der Waals surface area contributed by atoms with Gasteiger partial charge in [-0.25, -0.2) is 9.97 Å². The minimum absolute atomic E-state index is 0.202. The molecule has 0 aliphatic carbocycles. The van der Waals surface area contributed by atoms with Crippen molar-refractivity contribution in [3.05, 3.63) is 11.9 Å². The summed E-state index contributed by atoms with van der Waals surface area (Å²) in [5.41, 5.74) is 0.215. The Morgan fingerprint density at radius 3 is 2.33 bits per heavy atom. The van der Waals surface area contributed by atoms with Crippen LogP contribution in [-0.4, -0.2) is 50.2 Å². The maximum atomic E-state index is 12.0. The third-order valence-electron chi connectivity index (χ3n) is 2.28. The predicted molar refractivity (Wildman–Crippen MR) is 66.0 cm³/mol. The molecule has 0 fully saturated rings. The molecule has 1 aromatic heterocycles. The molecule has 0 aliphatic heterocycles. The SMILES string of the molecule is CNCCCNC(=O)c1c(OC)ncnc1OC. The van der Waals surface area contributed by atoms with E-state index in [1.165, 1.54) is 20.5 Å². The van der Waals surface area contributed by atoms with Crippen LogP contribution in [0.25, 0.3) is 0 Å². The summed E-state index contributed by atoms with van der Waals surface area (Å²) >= 11 is 0. The van der Waals surface area contributed by atoms with Crippen LogP contribution in [0.15, 0.2) is 6.33 Å². The monoisotopic (exact) mass is 254 g/mol. The van der Waals surface area contributed by atoms with Gasteiger partial charge in [0.05, 0.1) is 14.2 Å². The first-order valence-electron chi connectivity index (χ1n) is 5.60. The molecule has 0 spiro atoms. The fourth-order valence-electron chi connectivity index (χ4n) is 1.41. The predicted octanol–water partition coefficient (Wildman–Crippen LogP) is -0.167. The minimum atomic E-state index is -0.305. The van der Waals surface area contributed by atoms with Gasteiger partial charge in [-0.1, -0.05) is 0 Å². The average Bonchev–Trinajstić information content (AvgIpc) is 2.42. The second kappa shape index (κ2) is 7.44. The lowest BCUT2D eigenvalue weighted by molar-refractivity contribution is 0.0945. The Labute approximate surface area is 106 Å². The number of hydrogen-bond donors (Lipinski definition) is 2. The number of carbonyl (C=O) groups excluding carboxylic acids is 1. The Morgan fingerprint density at radius 1 is 1.22 bits per heavy atom. The summed E-state index contributed by atoms with van der Waals surface area (Å²) < 4.78 is 10.1. The summed E-state index contributed by atoms with van der Waals surface area (Å²) in [5.74, 6) is 0.0985. The molecule has 7 nitrogen and oxygen atoms in total. The van der Waals surface area contributed by atoms with E-state index >= 15 is 0 Å². The van der Waals surface area contributed by atoms with Gasteiger partial charge < -0.3 is 20.1 Å². The Kier molecular flexibility index (Phi) is 5.86. The summed E-state index contributed by atoms with van der Waals surface area (Å²) in [6.07, 6.45) is 2.12. The summed E-state index contributed by atoms with van der Waals surface area (Å²) in [7, 11) is 4.75.